The van der Waals surface area contributed by atoms with Crippen LogP contribution >= 0.6 is 0 Å². The highest BCUT2D eigenvalue weighted by Gasteiger charge is 2.33. The Morgan fingerprint density at radius 2 is 2.00 bits per heavy atom. The molecular formula is C17H23NO4. The SMILES string of the molecule is CC(C)c1ccc(OCCC(=O)N2CCC[C@@H]2C(=O)O)cc1. The Labute approximate surface area is 130 Å². The predicted octanol–water partition coefficient (Wildman–Crippen LogP) is 2.65. The molecular weight excluding hydrogens is 282 g/mol. The largest absolute Gasteiger partial charge is 0.493 e. The number of hydrogen-bond donors (Lipinski definition) is 1. The van der Waals surface area contributed by atoms with E-state index in [-0.39, 0.29) is 18.9 Å². The van der Waals surface area contributed by atoms with Crippen LogP contribution in [0.5, 0.6) is 5.75 Å². The molecule has 1 saturated heterocycles. The predicted molar refractivity (Wildman–Crippen MR) is 83.0 cm³/mol. The van der Waals surface area contributed by atoms with E-state index in [1.807, 2.05) is 24.3 Å². The summed E-state index contributed by atoms with van der Waals surface area (Å²) in [4.78, 5) is 24.6. The van der Waals surface area contributed by atoms with E-state index in [1.165, 1.54) is 10.5 Å². The quantitative estimate of drug-likeness (QED) is 0.877. The van der Waals surface area contributed by atoms with Crippen LogP contribution in [-0.2, 0) is 9.59 Å². The van der Waals surface area contributed by atoms with Crippen LogP contribution < -0.4 is 4.74 Å². The Bertz CT molecular complexity index is 524. The number of amides is 1. The van der Waals surface area contributed by atoms with Crippen molar-refractivity contribution >= 4 is 11.9 Å². The fraction of sp³-hybridized carbons (Fsp3) is 0.529. The van der Waals surface area contributed by atoms with Gasteiger partial charge in [-0.3, -0.25) is 4.79 Å². The minimum atomic E-state index is -0.920. The van der Waals surface area contributed by atoms with Crippen LogP contribution in [0.4, 0.5) is 0 Å². The summed E-state index contributed by atoms with van der Waals surface area (Å²) < 4.78 is 5.57. The first kappa shape index (κ1) is 16.3. The van der Waals surface area contributed by atoms with Crippen LogP contribution in [0.2, 0.25) is 0 Å². The third-order valence-corrected chi connectivity index (χ3v) is 3.99. The van der Waals surface area contributed by atoms with E-state index in [9.17, 15) is 9.59 Å². The Hall–Kier alpha value is -2.04. The van der Waals surface area contributed by atoms with E-state index in [0.29, 0.717) is 18.9 Å². The van der Waals surface area contributed by atoms with Crippen molar-refractivity contribution in [3.63, 3.8) is 0 Å². The number of aliphatic carboxylic acids is 1. The second-order valence-electron chi connectivity index (χ2n) is 5.91. The average Bonchev–Trinajstić information content (AvgIpc) is 2.97. The number of rotatable bonds is 6. The van der Waals surface area contributed by atoms with Crippen LogP contribution in [-0.4, -0.2) is 41.1 Å². The minimum absolute atomic E-state index is 0.149. The Morgan fingerprint density at radius 1 is 1.32 bits per heavy atom. The summed E-state index contributed by atoms with van der Waals surface area (Å²) in [6, 6.07) is 7.16. The molecule has 0 radical (unpaired) electrons. The lowest BCUT2D eigenvalue weighted by molar-refractivity contribution is -0.148. The first-order valence-electron chi connectivity index (χ1n) is 7.74. The first-order valence-corrected chi connectivity index (χ1v) is 7.74. The minimum Gasteiger partial charge on any atom is -0.493 e. The number of benzene rings is 1. The maximum Gasteiger partial charge on any atom is 0.326 e. The van der Waals surface area contributed by atoms with Gasteiger partial charge in [0.25, 0.3) is 0 Å². The monoisotopic (exact) mass is 305 g/mol. The van der Waals surface area contributed by atoms with Gasteiger partial charge in [0.15, 0.2) is 0 Å². The van der Waals surface area contributed by atoms with Crippen LogP contribution in [0.25, 0.3) is 0 Å². The highest BCUT2D eigenvalue weighted by Crippen LogP contribution is 2.20. The van der Waals surface area contributed by atoms with Gasteiger partial charge in [-0.05, 0) is 36.5 Å². The van der Waals surface area contributed by atoms with Crippen molar-refractivity contribution in [2.45, 2.75) is 45.1 Å². The summed E-state index contributed by atoms with van der Waals surface area (Å²) in [6.45, 7) is 5.05. The first-order chi connectivity index (χ1) is 10.5. The van der Waals surface area contributed by atoms with E-state index in [1.54, 1.807) is 0 Å². The summed E-state index contributed by atoms with van der Waals surface area (Å²) in [6.07, 6.45) is 1.49. The van der Waals surface area contributed by atoms with Crippen molar-refractivity contribution in [3.8, 4) is 5.75 Å². The van der Waals surface area contributed by atoms with Crippen LogP contribution in [0, 0.1) is 0 Å². The zero-order chi connectivity index (χ0) is 16.1. The summed E-state index contributed by atoms with van der Waals surface area (Å²) in [5.41, 5.74) is 1.24. The number of nitrogens with zero attached hydrogens (tertiary/aromatic N) is 1. The summed E-state index contributed by atoms with van der Waals surface area (Å²) in [5.74, 6) is 0.131. The molecule has 0 saturated carbocycles. The molecule has 1 aromatic rings. The van der Waals surface area contributed by atoms with E-state index >= 15 is 0 Å². The molecule has 1 heterocycles. The number of carboxylic acid groups (broad SMARTS) is 1. The van der Waals surface area contributed by atoms with Crippen LogP contribution in [0.15, 0.2) is 24.3 Å². The van der Waals surface area contributed by atoms with Gasteiger partial charge < -0.3 is 14.7 Å². The molecule has 1 aromatic carbocycles. The normalized spacial score (nSPS) is 17.8. The maximum absolute atomic E-state index is 12.1. The molecule has 1 aliphatic heterocycles. The zero-order valence-corrected chi connectivity index (χ0v) is 13.1. The standard InChI is InChI=1S/C17H23NO4/c1-12(2)13-5-7-14(8-6-13)22-11-9-16(19)18-10-3-4-15(18)17(20)21/h5-8,12,15H,3-4,9-11H2,1-2H3,(H,20,21)/t15-/m1/s1. The topological polar surface area (TPSA) is 66.8 Å². The molecule has 5 heteroatoms. The third-order valence-electron chi connectivity index (χ3n) is 3.99. The number of ether oxygens (including phenoxy) is 1. The molecule has 0 spiro atoms. The van der Waals surface area contributed by atoms with Gasteiger partial charge in [0.05, 0.1) is 13.0 Å². The second-order valence-corrected chi connectivity index (χ2v) is 5.91. The number of carbonyl (C=O) groups is 2. The number of carbonyl (C=O) groups excluding carboxylic acids is 1. The van der Waals surface area contributed by atoms with Crippen molar-refractivity contribution in [1.29, 1.82) is 0 Å². The van der Waals surface area contributed by atoms with Gasteiger partial charge in [-0.15, -0.1) is 0 Å². The van der Waals surface area contributed by atoms with Gasteiger partial charge in [0, 0.05) is 6.54 Å². The maximum atomic E-state index is 12.1. The Kier molecular flexibility index (Phi) is 5.41. The summed E-state index contributed by atoms with van der Waals surface area (Å²) >= 11 is 0. The van der Waals surface area contributed by atoms with Crippen molar-refractivity contribution in [2.75, 3.05) is 13.2 Å². The smallest absolute Gasteiger partial charge is 0.326 e. The lowest BCUT2D eigenvalue weighted by Crippen LogP contribution is -2.40. The van der Waals surface area contributed by atoms with E-state index in [0.717, 1.165) is 12.2 Å². The molecule has 0 aliphatic carbocycles. The van der Waals surface area contributed by atoms with Crippen LogP contribution in [0.1, 0.15) is 44.6 Å². The summed E-state index contributed by atoms with van der Waals surface area (Å²) in [7, 11) is 0. The van der Waals surface area contributed by atoms with Gasteiger partial charge in [0.2, 0.25) is 5.91 Å². The van der Waals surface area contributed by atoms with Crippen molar-refractivity contribution in [3.05, 3.63) is 29.8 Å². The molecule has 1 aliphatic rings. The average molecular weight is 305 g/mol. The molecule has 0 aromatic heterocycles. The molecule has 1 N–H and O–H groups in total. The molecule has 5 nitrogen and oxygen atoms in total. The molecule has 1 fully saturated rings. The number of hydrogen-bond acceptors (Lipinski definition) is 3. The second kappa shape index (κ2) is 7.29. The van der Waals surface area contributed by atoms with E-state index in [2.05, 4.69) is 13.8 Å². The molecule has 1 atom stereocenters. The van der Waals surface area contributed by atoms with Gasteiger partial charge in [-0.2, -0.15) is 0 Å². The molecule has 22 heavy (non-hydrogen) atoms. The molecule has 2 rings (SSSR count). The van der Waals surface area contributed by atoms with Gasteiger partial charge in [-0.25, -0.2) is 4.79 Å². The van der Waals surface area contributed by atoms with E-state index in [4.69, 9.17) is 9.84 Å². The fourth-order valence-corrected chi connectivity index (χ4v) is 2.67. The van der Waals surface area contributed by atoms with Crippen molar-refractivity contribution in [2.24, 2.45) is 0 Å². The molecule has 0 bridgehead atoms. The van der Waals surface area contributed by atoms with Gasteiger partial charge >= 0.3 is 5.97 Å². The summed E-state index contributed by atoms with van der Waals surface area (Å²) in [5, 5.41) is 9.08. The Balaban J connectivity index is 1.80. The lowest BCUT2D eigenvalue weighted by Gasteiger charge is -2.21. The lowest BCUT2D eigenvalue weighted by atomic mass is 10.0. The highest BCUT2D eigenvalue weighted by atomic mass is 16.5. The zero-order valence-electron chi connectivity index (χ0n) is 13.1. The molecule has 120 valence electrons. The van der Waals surface area contributed by atoms with Crippen LogP contribution in [0.3, 0.4) is 0 Å². The van der Waals surface area contributed by atoms with Crippen molar-refractivity contribution < 1.29 is 19.4 Å². The number of likely N-dealkylation sites (tertiary alicyclic amines) is 1. The fourth-order valence-electron chi connectivity index (χ4n) is 2.67. The Morgan fingerprint density at radius 3 is 2.59 bits per heavy atom. The van der Waals surface area contributed by atoms with Crippen molar-refractivity contribution in [1.82, 2.24) is 4.90 Å². The number of carboxylic acids is 1. The highest BCUT2D eigenvalue weighted by molar-refractivity contribution is 5.84. The third kappa shape index (κ3) is 4.00. The van der Waals surface area contributed by atoms with Gasteiger partial charge in [-0.1, -0.05) is 26.0 Å². The van der Waals surface area contributed by atoms with E-state index < -0.39 is 12.0 Å². The van der Waals surface area contributed by atoms with Gasteiger partial charge in [0.1, 0.15) is 11.8 Å². The molecule has 0 unspecified atom stereocenters. The molecule has 1 amide bonds.